The van der Waals surface area contributed by atoms with Gasteiger partial charge in [0.05, 0.1) is 6.10 Å². The van der Waals surface area contributed by atoms with Crippen LogP contribution < -0.4 is 20.3 Å². The lowest BCUT2D eigenvalue weighted by Gasteiger charge is -2.18. The molecule has 142 valence electrons. The monoisotopic (exact) mass is 383 g/mol. The van der Waals surface area contributed by atoms with E-state index in [1.165, 1.54) is 18.5 Å². The van der Waals surface area contributed by atoms with Gasteiger partial charge in [0.1, 0.15) is 5.75 Å². The zero-order valence-corrected chi connectivity index (χ0v) is 16.5. The molecule has 6 heteroatoms. The van der Waals surface area contributed by atoms with Gasteiger partial charge in [0.2, 0.25) is 0 Å². The molecule has 1 aliphatic rings. The van der Waals surface area contributed by atoms with Gasteiger partial charge in [-0.05, 0) is 87.4 Å². The topological polar surface area (TPSA) is 53.6 Å². The van der Waals surface area contributed by atoms with Gasteiger partial charge in [0.25, 0.3) is 5.91 Å². The number of thiocarbonyl (C=S) groups is 1. The lowest BCUT2D eigenvalue weighted by molar-refractivity contribution is 0.0977. The van der Waals surface area contributed by atoms with Crippen LogP contribution in [0.25, 0.3) is 0 Å². The molecule has 1 saturated heterocycles. The molecule has 27 heavy (non-hydrogen) atoms. The minimum atomic E-state index is -0.253. The third-order valence-corrected chi connectivity index (χ3v) is 4.52. The number of nitrogens with one attached hydrogen (secondary N) is 2. The Morgan fingerprint density at radius 3 is 2.26 bits per heavy atom. The maximum Gasteiger partial charge on any atom is 0.257 e. The van der Waals surface area contributed by atoms with E-state index in [-0.39, 0.29) is 17.1 Å². The maximum absolute atomic E-state index is 12.3. The number of hydrogen-bond donors (Lipinski definition) is 2. The van der Waals surface area contributed by atoms with Crippen LogP contribution in [-0.4, -0.2) is 30.2 Å². The summed E-state index contributed by atoms with van der Waals surface area (Å²) in [6.45, 7) is 6.15. The summed E-state index contributed by atoms with van der Waals surface area (Å²) >= 11 is 5.26. The number of rotatable bonds is 5. The van der Waals surface area contributed by atoms with Crippen LogP contribution in [0.1, 0.15) is 37.0 Å². The quantitative estimate of drug-likeness (QED) is 0.758. The summed E-state index contributed by atoms with van der Waals surface area (Å²) in [5, 5.41) is 6.03. The van der Waals surface area contributed by atoms with Gasteiger partial charge < -0.3 is 15.0 Å². The fourth-order valence-corrected chi connectivity index (χ4v) is 3.24. The first-order valence-electron chi connectivity index (χ1n) is 9.25. The molecule has 1 heterocycles. The molecule has 1 fully saturated rings. The van der Waals surface area contributed by atoms with Gasteiger partial charge in [-0.2, -0.15) is 0 Å². The minimum absolute atomic E-state index is 0.0957. The second-order valence-electron chi connectivity index (χ2n) is 6.84. The molecule has 0 saturated carbocycles. The van der Waals surface area contributed by atoms with Gasteiger partial charge in [-0.1, -0.05) is 0 Å². The van der Waals surface area contributed by atoms with Crippen molar-refractivity contribution >= 4 is 34.6 Å². The highest BCUT2D eigenvalue weighted by Gasteiger charge is 2.12. The number of carbonyl (C=O) groups is 1. The molecule has 0 aliphatic carbocycles. The Kier molecular flexibility index (Phi) is 6.29. The normalized spacial score (nSPS) is 13.5. The van der Waals surface area contributed by atoms with E-state index in [0.717, 1.165) is 24.5 Å². The summed E-state index contributed by atoms with van der Waals surface area (Å²) in [4.78, 5) is 14.7. The van der Waals surface area contributed by atoms with Crippen LogP contribution in [0.15, 0.2) is 48.5 Å². The van der Waals surface area contributed by atoms with Crippen LogP contribution in [0.4, 0.5) is 11.4 Å². The van der Waals surface area contributed by atoms with E-state index in [1.54, 1.807) is 24.3 Å². The van der Waals surface area contributed by atoms with E-state index in [0.29, 0.717) is 5.56 Å². The first-order chi connectivity index (χ1) is 13.0. The van der Waals surface area contributed by atoms with E-state index in [4.69, 9.17) is 17.0 Å². The lowest BCUT2D eigenvalue weighted by Crippen LogP contribution is -2.34. The smallest absolute Gasteiger partial charge is 0.257 e. The molecule has 0 radical (unpaired) electrons. The molecule has 0 atom stereocenters. The van der Waals surface area contributed by atoms with Gasteiger partial charge in [-0.15, -0.1) is 0 Å². The van der Waals surface area contributed by atoms with E-state index in [9.17, 15) is 4.79 Å². The SMILES string of the molecule is CC(C)Oc1ccc(C(=O)NC(=S)Nc2ccc(N3CCCC3)cc2)cc1. The average molecular weight is 384 g/mol. The minimum Gasteiger partial charge on any atom is -0.491 e. The van der Waals surface area contributed by atoms with Crippen molar-refractivity contribution in [3.05, 3.63) is 54.1 Å². The molecular formula is C21H25N3O2S. The molecule has 3 rings (SSSR count). The van der Waals surface area contributed by atoms with Crippen LogP contribution in [0.5, 0.6) is 5.75 Å². The summed E-state index contributed by atoms with van der Waals surface area (Å²) in [5.41, 5.74) is 2.60. The van der Waals surface area contributed by atoms with E-state index >= 15 is 0 Å². The Morgan fingerprint density at radius 2 is 1.67 bits per heavy atom. The molecule has 2 aromatic rings. The largest absolute Gasteiger partial charge is 0.491 e. The van der Waals surface area contributed by atoms with E-state index < -0.39 is 0 Å². The number of carbonyl (C=O) groups excluding carboxylic acids is 1. The Balaban J connectivity index is 1.53. The first kappa shape index (κ1) is 19.2. The zero-order valence-electron chi connectivity index (χ0n) is 15.7. The molecule has 0 bridgehead atoms. The second-order valence-corrected chi connectivity index (χ2v) is 7.25. The fourth-order valence-electron chi connectivity index (χ4n) is 3.03. The van der Waals surface area contributed by atoms with Crippen molar-refractivity contribution in [2.75, 3.05) is 23.3 Å². The highest BCUT2D eigenvalue weighted by atomic mass is 32.1. The number of nitrogens with zero attached hydrogens (tertiary/aromatic N) is 1. The van der Waals surface area contributed by atoms with Gasteiger partial charge in [0, 0.05) is 30.0 Å². The number of benzene rings is 2. The molecule has 1 aliphatic heterocycles. The summed E-state index contributed by atoms with van der Waals surface area (Å²) in [5.74, 6) is 0.484. The van der Waals surface area contributed by atoms with E-state index in [1.807, 2.05) is 26.0 Å². The molecule has 5 nitrogen and oxygen atoms in total. The van der Waals surface area contributed by atoms with Crippen molar-refractivity contribution in [1.29, 1.82) is 0 Å². The number of amides is 1. The van der Waals surface area contributed by atoms with Gasteiger partial charge in [0.15, 0.2) is 5.11 Å². The molecular weight excluding hydrogens is 358 g/mol. The molecule has 2 N–H and O–H groups in total. The van der Waals surface area contributed by atoms with Gasteiger partial charge in [-0.3, -0.25) is 10.1 Å². The van der Waals surface area contributed by atoms with Gasteiger partial charge >= 0.3 is 0 Å². The van der Waals surface area contributed by atoms with Crippen LogP contribution in [0, 0.1) is 0 Å². The summed E-state index contributed by atoms with van der Waals surface area (Å²) in [7, 11) is 0. The number of hydrogen-bond acceptors (Lipinski definition) is 4. The molecule has 2 aromatic carbocycles. The molecule has 0 spiro atoms. The first-order valence-corrected chi connectivity index (χ1v) is 9.66. The molecule has 0 aromatic heterocycles. The fraction of sp³-hybridized carbons (Fsp3) is 0.333. The highest BCUT2D eigenvalue weighted by molar-refractivity contribution is 7.80. The maximum atomic E-state index is 12.3. The average Bonchev–Trinajstić information content (AvgIpc) is 3.17. The predicted octanol–water partition coefficient (Wildman–Crippen LogP) is 4.20. The van der Waals surface area contributed by atoms with Crippen molar-refractivity contribution in [2.45, 2.75) is 32.8 Å². The highest BCUT2D eigenvalue weighted by Crippen LogP contribution is 2.22. The molecule has 0 unspecified atom stereocenters. The van der Waals surface area contributed by atoms with Crippen LogP contribution >= 0.6 is 12.2 Å². The zero-order chi connectivity index (χ0) is 19.2. The summed E-state index contributed by atoms with van der Waals surface area (Å²) in [6.07, 6.45) is 2.60. The summed E-state index contributed by atoms with van der Waals surface area (Å²) < 4.78 is 5.58. The third kappa shape index (κ3) is 5.44. The lowest BCUT2D eigenvalue weighted by atomic mass is 10.2. The van der Waals surface area contributed by atoms with Crippen molar-refractivity contribution in [1.82, 2.24) is 5.32 Å². The molecule has 1 amide bonds. The Labute approximate surface area is 165 Å². The number of anilines is 2. The van der Waals surface area contributed by atoms with Crippen LogP contribution in [-0.2, 0) is 0 Å². The second kappa shape index (κ2) is 8.86. The van der Waals surface area contributed by atoms with Crippen molar-refractivity contribution in [3.8, 4) is 5.75 Å². The van der Waals surface area contributed by atoms with Crippen molar-refractivity contribution in [2.24, 2.45) is 0 Å². The predicted molar refractivity (Wildman–Crippen MR) is 114 cm³/mol. The van der Waals surface area contributed by atoms with Crippen LogP contribution in [0.2, 0.25) is 0 Å². The van der Waals surface area contributed by atoms with Crippen molar-refractivity contribution < 1.29 is 9.53 Å². The Hall–Kier alpha value is -2.60. The third-order valence-electron chi connectivity index (χ3n) is 4.31. The number of ether oxygens (including phenoxy) is 1. The Morgan fingerprint density at radius 1 is 1.04 bits per heavy atom. The summed E-state index contributed by atoms with van der Waals surface area (Å²) in [6, 6.07) is 15.1. The van der Waals surface area contributed by atoms with E-state index in [2.05, 4.69) is 27.7 Å². The Bertz CT molecular complexity index is 782. The van der Waals surface area contributed by atoms with Crippen molar-refractivity contribution in [3.63, 3.8) is 0 Å². The standard InChI is InChI=1S/C21H25N3O2S/c1-15(2)26-19-11-5-16(6-12-19)20(25)23-21(27)22-17-7-9-18(10-8-17)24-13-3-4-14-24/h5-12,15H,3-4,13-14H2,1-2H3,(H2,22,23,25,27). The van der Waals surface area contributed by atoms with Crippen LogP contribution in [0.3, 0.4) is 0 Å². The van der Waals surface area contributed by atoms with Gasteiger partial charge in [-0.25, -0.2) is 0 Å².